The summed E-state index contributed by atoms with van der Waals surface area (Å²) in [5.74, 6) is 0.774. The molecule has 498 valence electrons. The normalized spacial score (nSPS) is 14.7. The molecule has 0 aromatic carbocycles. The Morgan fingerprint density at radius 2 is 0.571 bits per heavy atom. The predicted molar refractivity (Wildman–Crippen MR) is 335 cm³/mol. The van der Waals surface area contributed by atoms with Crippen LogP contribution in [-0.2, 0) is 65.4 Å². The topological polar surface area (TPSA) is 237 Å². The maximum atomic E-state index is 13.0. The molecule has 0 rings (SSSR count). The lowest BCUT2D eigenvalue weighted by Crippen LogP contribution is -2.30. The number of esters is 4. The first-order valence-electron chi connectivity index (χ1n) is 33.7. The lowest BCUT2D eigenvalue weighted by Gasteiger charge is -2.21. The van der Waals surface area contributed by atoms with Crippen molar-refractivity contribution in [2.24, 2.45) is 23.7 Å². The summed E-state index contributed by atoms with van der Waals surface area (Å²) in [5.41, 5.74) is 0. The third-order valence-corrected chi connectivity index (χ3v) is 17.1. The van der Waals surface area contributed by atoms with Crippen LogP contribution in [0.25, 0.3) is 0 Å². The zero-order valence-electron chi connectivity index (χ0n) is 54.5. The molecule has 17 nitrogen and oxygen atoms in total. The molecule has 3 N–H and O–H groups in total. The van der Waals surface area contributed by atoms with Gasteiger partial charge in [0.15, 0.2) is 12.2 Å². The average Bonchev–Trinajstić information content (AvgIpc) is 3.50. The van der Waals surface area contributed by atoms with Crippen molar-refractivity contribution in [2.45, 2.75) is 331 Å². The van der Waals surface area contributed by atoms with Crippen LogP contribution in [0.15, 0.2) is 0 Å². The van der Waals surface area contributed by atoms with Gasteiger partial charge in [-0.2, -0.15) is 0 Å². The zero-order valence-corrected chi connectivity index (χ0v) is 56.3. The highest BCUT2D eigenvalue weighted by Crippen LogP contribution is 2.45. The molecular weight excluding hydrogens is 1110 g/mol. The minimum absolute atomic E-state index is 0.102. The van der Waals surface area contributed by atoms with Gasteiger partial charge in [-0.15, -0.1) is 0 Å². The number of rotatable bonds is 62. The maximum Gasteiger partial charge on any atom is 0.472 e. The molecular formula is C65H126O17P2. The van der Waals surface area contributed by atoms with Gasteiger partial charge in [-0.3, -0.25) is 37.3 Å². The molecule has 0 spiro atoms. The molecule has 0 aromatic heterocycles. The highest BCUT2D eigenvalue weighted by atomic mass is 31.2. The minimum Gasteiger partial charge on any atom is -0.462 e. The summed E-state index contributed by atoms with van der Waals surface area (Å²) in [4.78, 5) is 72.3. The van der Waals surface area contributed by atoms with E-state index in [9.17, 15) is 43.2 Å². The van der Waals surface area contributed by atoms with Crippen LogP contribution in [0.2, 0.25) is 0 Å². The Morgan fingerprint density at radius 1 is 0.333 bits per heavy atom. The molecule has 0 bridgehead atoms. The predicted octanol–water partition coefficient (Wildman–Crippen LogP) is 17.8. The standard InChI is InChI=1S/C65H126O17P2/c1-9-58(8)44-36-28-20-13-14-22-31-39-47-64(69)81-60(52-76-63(68)46-38-30-23-15-18-26-34-42-56(4)5)53-79-83(71,72)77-49-59(66)50-78-84(73,74)80-54-61(82-65(70)48-40-32-24-16-19-27-35-43-57(6)7)51-75-62(67)45-37-29-21-12-10-11-17-25-33-41-55(2)3/h55-61,66H,9-54H2,1-8H3,(H,71,72)(H,73,74)/t58?,59?,60-,61-/m1/s1. The van der Waals surface area contributed by atoms with Crippen LogP contribution >= 0.6 is 15.6 Å². The van der Waals surface area contributed by atoms with Crippen LogP contribution in [0.1, 0.15) is 312 Å². The highest BCUT2D eigenvalue weighted by molar-refractivity contribution is 7.47. The van der Waals surface area contributed by atoms with E-state index in [0.29, 0.717) is 37.5 Å². The summed E-state index contributed by atoms with van der Waals surface area (Å²) in [6.07, 6.45) is 34.9. The number of hydrogen-bond acceptors (Lipinski definition) is 15. The molecule has 0 aliphatic carbocycles. The number of carbonyl (C=O) groups is 4. The Kier molecular flexibility index (Phi) is 53.9. The average molecular weight is 1240 g/mol. The number of unbranched alkanes of at least 4 members (excludes halogenated alkanes) is 27. The van der Waals surface area contributed by atoms with E-state index in [4.69, 9.17) is 37.0 Å². The van der Waals surface area contributed by atoms with Gasteiger partial charge in [0.25, 0.3) is 0 Å². The second kappa shape index (κ2) is 55.2. The Hall–Kier alpha value is -1.94. The Morgan fingerprint density at radius 3 is 0.845 bits per heavy atom. The van der Waals surface area contributed by atoms with Crippen molar-refractivity contribution in [3.05, 3.63) is 0 Å². The van der Waals surface area contributed by atoms with E-state index in [1.54, 1.807) is 0 Å². The molecule has 0 heterocycles. The van der Waals surface area contributed by atoms with Crippen LogP contribution in [-0.4, -0.2) is 96.7 Å². The molecule has 0 aromatic rings. The molecule has 84 heavy (non-hydrogen) atoms. The van der Waals surface area contributed by atoms with Gasteiger partial charge >= 0.3 is 39.5 Å². The summed E-state index contributed by atoms with van der Waals surface area (Å²) in [7, 11) is -9.89. The number of carbonyl (C=O) groups excluding carboxylic acids is 4. The van der Waals surface area contributed by atoms with Crippen LogP contribution in [0.4, 0.5) is 0 Å². The molecule has 0 aliphatic rings. The van der Waals surface area contributed by atoms with Crippen molar-refractivity contribution >= 4 is 39.5 Å². The fourth-order valence-corrected chi connectivity index (χ4v) is 11.2. The van der Waals surface area contributed by atoms with Crippen molar-refractivity contribution in [3.63, 3.8) is 0 Å². The molecule has 0 saturated heterocycles. The number of ether oxygens (including phenoxy) is 4. The van der Waals surface area contributed by atoms with Crippen LogP contribution in [0, 0.1) is 23.7 Å². The van der Waals surface area contributed by atoms with Gasteiger partial charge in [-0.05, 0) is 49.4 Å². The van der Waals surface area contributed by atoms with Crippen molar-refractivity contribution in [1.29, 1.82) is 0 Å². The van der Waals surface area contributed by atoms with Gasteiger partial charge < -0.3 is 33.8 Å². The maximum absolute atomic E-state index is 13.0. The Labute approximate surface area is 511 Å². The Bertz CT molecular complexity index is 1680. The number of phosphoric ester groups is 2. The lowest BCUT2D eigenvalue weighted by molar-refractivity contribution is -0.161. The molecule has 0 aliphatic heterocycles. The van der Waals surface area contributed by atoms with E-state index in [1.165, 1.54) is 109 Å². The fourth-order valence-electron chi connectivity index (χ4n) is 9.57. The number of hydrogen-bond donors (Lipinski definition) is 3. The third-order valence-electron chi connectivity index (χ3n) is 15.2. The summed E-state index contributed by atoms with van der Waals surface area (Å²) < 4.78 is 68.0. The SMILES string of the molecule is CCC(C)CCCCCCCCCCC(=O)O[C@H](COC(=O)CCCCCCCCCC(C)C)COP(=O)(O)OCC(O)COP(=O)(O)OC[C@@H](COC(=O)CCCCCCCCCCCC(C)C)OC(=O)CCCCCCCCCC(C)C. The summed E-state index contributed by atoms with van der Waals surface area (Å²) in [6.45, 7) is 14.0. The zero-order chi connectivity index (χ0) is 62.5. The van der Waals surface area contributed by atoms with Crippen molar-refractivity contribution < 1.29 is 80.2 Å². The highest BCUT2D eigenvalue weighted by Gasteiger charge is 2.30. The fraction of sp³-hybridized carbons (Fsp3) is 0.938. The quantitative estimate of drug-likeness (QED) is 0.0222. The molecule has 4 unspecified atom stereocenters. The van der Waals surface area contributed by atoms with Crippen molar-refractivity contribution in [1.82, 2.24) is 0 Å². The van der Waals surface area contributed by atoms with Crippen LogP contribution in [0.5, 0.6) is 0 Å². The van der Waals surface area contributed by atoms with Crippen molar-refractivity contribution in [2.75, 3.05) is 39.6 Å². The molecule has 0 fully saturated rings. The molecule has 0 radical (unpaired) electrons. The van der Waals surface area contributed by atoms with Gasteiger partial charge in [0.1, 0.15) is 19.3 Å². The van der Waals surface area contributed by atoms with Crippen LogP contribution in [0.3, 0.4) is 0 Å². The Balaban J connectivity index is 5.26. The summed E-state index contributed by atoms with van der Waals surface area (Å²) >= 11 is 0. The van der Waals surface area contributed by atoms with Gasteiger partial charge in [-0.25, -0.2) is 9.13 Å². The van der Waals surface area contributed by atoms with Crippen LogP contribution < -0.4 is 0 Å². The van der Waals surface area contributed by atoms with E-state index in [1.807, 2.05) is 0 Å². The molecule has 0 saturated carbocycles. The number of aliphatic hydroxyl groups excluding tert-OH is 1. The van der Waals surface area contributed by atoms with Gasteiger partial charge in [0, 0.05) is 25.7 Å². The lowest BCUT2D eigenvalue weighted by atomic mass is 9.99. The number of phosphoric acid groups is 2. The molecule has 0 amide bonds. The second-order valence-corrected chi connectivity index (χ2v) is 28.1. The summed E-state index contributed by atoms with van der Waals surface area (Å²) in [5, 5.41) is 10.5. The van der Waals surface area contributed by atoms with E-state index in [2.05, 4.69) is 55.4 Å². The second-order valence-electron chi connectivity index (χ2n) is 25.2. The molecule has 19 heteroatoms. The van der Waals surface area contributed by atoms with Gasteiger partial charge in [0.05, 0.1) is 26.4 Å². The molecule has 6 atom stereocenters. The van der Waals surface area contributed by atoms with E-state index in [0.717, 1.165) is 108 Å². The largest absolute Gasteiger partial charge is 0.472 e. The van der Waals surface area contributed by atoms with Crippen molar-refractivity contribution in [3.8, 4) is 0 Å². The summed E-state index contributed by atoms with van der Waals surface area (Å²) in [6, 6.07) is 0. The minimum atomic E-state index is -4.95. The smallest absolute Gasteiger partial charge is 0.462 e. The monoisotopic (exact) mass is 1240 g/mol. The first-order chi connectivity index (χ1) is 40.1. The number of aliphatic hydroxyl groups is 1. The third kappa shape index (κ3) is 57.8. The van der Waals surface area contributed by atoms with E-state index < -0.39 is 97.5 Å². The first-order valence-corrected chi connectivity index (χ1v) is 36.7. The first kappa shape index (κ1) is 82.1. The van der Waals surface area contributed by atoms with Gasteiger partial charge in [0.2, 0.25) is 0 Å². The van der Waals surface area contributed by atoms with E-state index in [-0.39, 0.29) is 25.7 Å². The van der Waals surface area contributed by atoms with Gasteiger partial charge in [-0.1, -0.05) is 261 Å². The van der Waals surface area contributed by atoms with E-state index >= 15 is 0 Å².